The lowest BCUT2D eigenvalue weighted by molar-refractivity contribution is 0.142. The van der Waals surface area contributed by atoms with Gasteiger partial charge in [-0.3, -0.25) is 0 Å². The molecule has 0 rings (SSSR count). The number of hydrogen-bond donors (Lipinski definition) is 0. The van der Waals surface area contributed by atoms with Crippen molar-refractivity contribution in [2.75, 3.05) is 33.6 Å². The van der Waals surface area contributed by atoms with Crippen molar-refractivity contribution in [1.82, 2.24) is 4.90 Å². The second kappa shape index (κ2) is 6.09. The van der Waals surface area contributed by atoms with Crippen LogP contribution in [0.3, 0.4) is 0 Å². The van der Waals surface area contributed by atoms with Gasteiger partial charge >= 0.3 is 0 Å². The first-order valence-corrected chi connectivity index (χ1v) is 4.40. The van der Waals surface area contributed by atoms with Crippen molar-refractivity contribution >= 4 is 9.24 Å². The van der Waals surface area contributed by atoms with Gasteiger partial charge in [0.15, 0.2) is 0 Å². The fraction of sp³-hybridized carbons (Fsp3) is 1.00. The third-order valence-electron chi connectivity index (χ3n) is 1.39. The third kappa shape index (κ3) is 5.16. The van der Waals surface area contributed by atoms with Gasteiger partial charge < -0.3 is 9.64 Å². The molecule has 0 fully saturated rings. The fourth-order valence-electron chi connectivity index (χ4n) is 0.944. The second-order valence-corrected chi connectivity index (χ2v) is 3.15. The number of hydrogen-bond acceptors (Lipinski definition) is 2. The maximum absolute atomic E-state index is 5.02. The van der Waals surface area contributed by atoms with Crippen LogP contribution in [0, 0.1) is 5.92 Å². The summed E-state index contributed by atoms with van der Waals surface area (Å²) >= 11 is 0. The van der Waals surface area contributed by atoms with Crippen molar-refractivity contribution in [1.29, 1.82) is 0 Å². The Balaban J connectivity index is 3.27. The van der Waals surface area contributed by atoms with Crippen molar-refractivity contribution in [3.8, 4) is 0 Å². The zero-order valence-corrected chi connectivity index (χ0v) is 8.29. The Kier molecular flexibility index (Phi) is 6.30. The summed E-state index contributed by atoms with van der Waals surface area (Å²) in [4.78, 5) is 2.26. The molecule has 0 radical (unpaired) electrons. The predicted molar refractivity (Wildman–Crippen MR) is 48.2 cm³/mol. The number of ether oxygens (including phenoxy) is 1. The van der Waals surface area contributed by atoms with Crippen molar-refractivity contribution in [2.24, 2.45) is 5.92 Å². The van der Waals surface area contributed by atoms with Crippen LogP contribution in [0.15, 0.2) is 0 Å². The highest BCUT2D eigenvalue weighted by atomic mass is 31.0. The molecule has 0 aliphatic heterocycles. The molecule has 0 aromatic heterocycles. The van der Waals surface area contributed by atoms with E-state index < -0.39 is 0 Å². The largest absolute Gasteiger partial charge is 0.384 e. The first kappa shape index (κ1) is 10.3. The van der Waals surface area contributed by atoms with Crippen LogP contribution in [0.5, 0.6) is 0 Å². The first-order valence-electron chi connectivity index (χ1n) is 3.58. The molecule has 0 heterocycles. The molecule has 2 unspecified atom stereocenters. The van der Waals surface area contributed by atoms with Gasteiger partial charge in [-0.15, -0.1) is 9.24 Å². The summed E-state index contributed by atoms with van der Waals surface area (Å²) in [5.41, 5.74) is 0. The average molecular weight is 163 g/mol. The summed E-state index contributed by atoms with van der Waals surface area (Å²) in [6.45, 7) is 4.16. The van der Waals surface area contributed by atoms with Gasteiger partial charge in [0, 0.05) is 26.5 Å². The number of nitrogens with zero attached hydrogens (tertiary/aromatic N) is 1. The van der Waals surface area contributed by atoms with E-state index in [4.69, 9.17) is 4.74 Å². The van der Waals surface area contributed by atoms with Gasteiger partial charge in [-0.1, -0.05) is 6.92 Å². The average Bonchev–Trinajstić information content (AvgIpc) is 1.88. The molecule has 3 heteroatoms. The van der Waals surface area contributed by atoms with E-state index in [0.717, 1.165) is 19.4 Å². The van der Waals surface area contributed by atoms with Crippen molar-refractivity contribution in [2.45, 2.75) is 6.92 Å². The van der Waals surface area contributed by atoms with Crippen LogP contribution in [0.2, 0.25) is 0 Å². The monoisotopic (exact) mass is 163 g/mol. The molecule has 10 heavy (non-hydrogen) atoms. The first-order chi connectivity index (χ1) is 4.70. The Morgan fingerprint density at radius 2 is 2.20 bits per heavy atom. The maximum Gasteiger partial charge on any atom is 0.0500 e. The molecule has 2 atom stereocenters. The highest BCUT2D eigenvalue weighted by Crippen LogP contribution is 1.99. The summed E-state index contributed by atoms with van der Waals surface area (Å²) < 4.78 is 5.02. The van der Waals surface area contributed by atoms with E-state index in [9.17, 15) is 0 Å². The molecule has 0 aromatic rings. The molecule has 0 bridgehead atoms. The standard InChI is InChI=1S/C7H18NOP/c1-7(5-9-3)4-8(2)6-10/h7H,4-6,10H2,1-3H3. The summed E-state index contributed by atoms with van der Waals surface area (Å²) in [5, 5.41) is 0. The van der Waals surface area contributed by atoms with Crippen molar-refractivity contribution < 1.29 is 4.74 Å². The lowest BCUT2D eigenvalue weighted by Gasteiger charge is -2.18. The Labute approximate surface area is 66.1 Å². The number of rotatable bonds is 5. The van der Waals surface area contributed by atoms with Crippen LogP contribution in [0.4, 0.5) is 0 Å². The van der Waals surface area contributed by atoms with E-state index in [1.54, 1.807) is 7.11 Å². The third-order valence-corrected chi connectivity index (χ3v) is 2.01. The second-order valence-electron chi connectivity index (χ2n) is 2.78. The van der Waals surface area contributed by atoms with E-state index in [1.807, 2.05) is 0 Å². The SMILES string of the molecule is COCC(C)CN(C)CP. The normalized spacial score (nSPS) is 14.1. The van der Waals surface area contributed by atoms with Crippen LogP contribution in [-0.4, -0.2) is 38.5 Å². The highest BCUT2D eigenvalue weighted by molar-refractivity contribution is 7.16. The predicted octanol–water partition coefficient (Wildman–Crippen LogP) is 1.03. The molecule has 0 spiro atoms. The summed E-state index contributed by atoms with van der Waals surface area (Å²) in [5.74, 6) is 0.635. The zero-order chi connectivity index (χ0) is 7.98. The van der Waals surface area contributed by atoms with Crippen molar-refractivity contribution in [3.63, 3.8) is 0 Å². The van der Waals surface area contributed by atoms with Crippen LogP contribution < -0.4 is 0 Å². The smallest absolute Gasteiger partial charge is 0.0500 e. The molecule has 0 aliphatic rings. The van der Waals surface area contributed by atoms with Crippen LogP contribution in [-0.2, 0) is 4.74 Å². The van der Waals surface area contributed by atoms with Gasteiger partial charge in [-0.25, -0.2) is 0 Å². The van der Waals surface area contributed by atoms with E-state index in [0.29, 0.717) is 5.92 Å². The molecule has 0 aromatic carbocycles. The summed E-state index contributed by atoms with van der Waals surface area (Å²) in [7, 11) is 6.56. The zero-order valence-electron chi connectivity index (χ0n) is 7.13. The van der Waals surface area contributed by atoms with Gasteiger partial charge in [0.05, 0.1) is 0 Å². The Morgan fingerprint density at radius 1 is 1.60 bits per heavy atom. The summed E-state index contributed by atoms with van der Waals surface area (Å²) in [6, 6.07) is 0. The Bertz CT molecular complexity index is 80.0. The minimum Gasteiger partial charge on any atom is -0.384 e. The molecule has 0 amide bonds. The Morgan fingerprint density at radius 3 is 2.60 bits per heavy atom. The molecule has 0 saturated carbocycles. The van der Waals surface area contributed by atoms with Gasteiger partial charge in [-0.05, 0) is 13.0 Å². The van der Waals surface area contributed by atoms with Crippen LogP contribution in [0.1, 0.15) is 6.92 Å². The highest BCUT2D eigenvalue weighted by Gasteiger charge is 2.02. The molecule has 62 valence electrons. The lowest BCUT2D eigenvalue weighted by atomic mass is 10.2. The van der Waals surface area contributed by atoms with Gasteiger partial charge in [0.1, 0.15) is 0 Å². The maximum atomic E-state index is 5.02. The van der Waals surface area contributed by atoms with Gasteiger partial charge in [0.2, 0.25) is 0 Å². The van der Waals surface area contributed by atoms with E-state index >= 15 is 0 Å². The molecular weight excluding hydrogens is 145 g/mol. The quantitative estimate of drug-likeness (QED) is 0.561. The lowest BCUT2D eigenvalue weighted by Crippen LogP contribution is -2.25. The molecule has 0 saturated heterocycles. The molecule has 0 N–H and O–H groups in total. The van der Waals surface area contributed by atoms with Crippen LogP contribution in [0.25, 0.3) is 0 Å². The molecular formula is C7H18NOP. The van der Waals surface area contributed by atoms with E-state index in [1.165, 1.54) is 0 Å². The molecule has 2 nitrogen and oxygen atoms in total. The van der Waals surface area contributed by atoms with Gasteiger partial charge in [0.25, 0.3) is 0 Å². The summed E-state index contributed by atoms with van der Waals surface area (Å²) in [6.07, 6.45) is 1.04. The topological polar surface area (TPSA) is 12.5 Å². The number of methoxy groups -OCH3 is 1. The van der Waals surface area contributed by atoms with E-state index in [2.05, 4.69) is 28.1 Å². The van der Waals surface area contributed by atoms with E-state index in [-0.39, 0.29) is 0 Å². The minimum absolute atomic E-state index is 0.635. The minimum atomic E-state index is 0.635. The van der Waals surface area contributed by atoms with Gasteiger partial charge in [-0.2, -0.15) is 0 Å². The Hall–Kier alpha value is 0.350. The van der Waals surface area contributed by atoms with Crippen LogP contribution >= 0.6 is 9.24 Å². The van der Waals surface area contributed by atoms with Crippen molar-refractivity contribution in [3.05, 3.63) is 0 Å². The molecule has 0 aliphatic carbocycles. The fourth-order valence-corrected chi connectivity index (χ4v) is 1.09.